The van der Waals surface area contributed by atoms with Crippen LogP contribution < -0.4 is 4.74 Å². The van der Waals surface area contributed by atoms with Crippen LogP contribution in [0.25, 0.3) is 0 Å². The number of rotatable bonds is 6. The lowest BCUT2D eigenvalue weighted by atomic mass is 9.99. The SMILES string of the molecule is CC(C)CC(CO)COc1ccccc1. The Balaban J connectivity index is 2.34. The fourth-order valence-corrected chi connectivity index (χ4v) is 1.59. The Labute approximate surface area is 91.9 Å². The van der Waals surface area contributed by atoms with Gasteiger partial charge in [-0.05, 0) is 24.5 Å². The van der Waals surface area contributed by atoms with Crippen LogP contribution in [0.2, 0.25) is 0 Å². The van der Waals surface area contributed by atoms with Crippen molar-refractivity contribution in [1.29, 1.82) is 0 Å². The molecule has 0 bridgehead atoms. The summed E-state index contributed by atoms with van der Waals surface area (Å²) in [5.41, 5.74) is 0. The van der Waals surface area contributed by atoms with Crippen molar-refractivity contribution in [2.75, 3.05) is 13.2 Å². The number of aliphatic hydroxyl groups is 1. The lowest BCUT2D eigenvalue weighted by Gasteiger charge is -2.17. The van der Waals surface area contributed by atoms with Gasteiger partial charge in [0, 0.05) is 12.5 Å². The average Bonchev–Trinajstić information content (AvgIpc) is 2.25. The first kappa shape index (κ1) is 12.1. The molecule has 1 aromatic carbocycles. The second-order valence-electron chi connectivity index (χ2n) is 4.30. The van der Waals surface area contributed by atoms with Crippen LogP contribution in [0.1, 0.15) is 20.3 Å². The molecule has 0 aromatic heterocycles. The third-order valence-corrected chi connectivity index (χ3v) is 2.29. The van der Waals surface area contributed by atoms with Gasteiger partial charge >= 0.3 is 0 Å². The first-order chi connectivity index (χ1) is 7.22. The van der Waals surface area contributed by atoms with E-state index in [9.17, 15) is 5.11 Å². The highest BCUT2D eigenvalue weighted by Gasteiger charge is 2.10. The molecule has 0 radical (unpaired) electrons. The minimum atomic E-state index is 0.199. The Bertz CT molecular complexity index is 256. The molecule has 2 nitrogen and oxygen atoms in total. The smallest absolute Gasteiger partial charge is 0.119 e. The summed E-state index contributed by atoms with van der Waals surface area (Å²) >= 11 is 0. The van der Waals surface area contributed by atoms with Gasteiger partial charge in [-0.3, -0.25) is 0 Å². The molecule has 2 heteroatoms. The first-order valence-corrected chi connectivity index (χ1v) is 5.51. The zero-order valence-electron chi connectivity index (χ0n) is 9.52. The zero-order valence-corrected chi connectivity index (χ0v) is 9.52. The molecule has 0 heterocycles. The molecule has 0 spiro atoms. The van der Waals surface area contributed by atoms with Crippen LogP contribution in [-0.4, -0.2) is 18.3 Å². The first-order valence-electron chi connectivity index (χ1n) is 5.51. The molecule has 0 aliphatic heterocycles. The summed E-state index contributed by atoms with van der Waals surface area (Å²) < 4.78 is 5.60. The maximum atomic E-state index is 9.17. The van der Waals surface area contributed by atoms with Gasteiger partial charge in [0.15, 0.2) is 0 Å². The van der Waals surface area contributed by atoms with Gasteiger partial charge in [0.2, 0.25) is 0 Å². The van der Waals surface area contributed by atoms with Gasteiger partial charge in [0.05, 0.1) is 6.61 Å². The van der Waals surface area contributed by atoms with Gasteiger partial charge in [0.1, 0.15) is 5.75 Å². The van der Waals surface area contributed by atoms with E-state index in [-0.39, 0.29) is 12.5 Å². The van der Waals surface area contributed by atoms with Gasteiger partial charge in [-0.25, -0.2) is 0 Å². The molecular formula is C13H20O2. The van der Waals surface area contributed by atoms with E-state index in [0.717, 1.165) is 12.2 Å². The number of benzene rings is 1. The second-order valence-corrected chi connectivity index (χ2v) is 4.30. The summed E-state index contributed by atoms with van der Waals surface area (Å²) in [4.78, 5) is 0. The summed E-state index contributed by atoms with van der Waals surface area (Å²) in [5, 5.41) is 9.17. The summed E-state index contributed by atoms with van der Waals surface area (Å²) in [7, 11) is 0. The van der Waals surface area contributed by atoms with E-state index in [1.165, 1.54) is 0 Å². The third kappa shape index (κ3) is 4.84. The van der Waals surface area contributed by atoms with E-state index in [0.29, 0.717) is 12.5 Å². The molecule has 0 aliphatic rings. The van der Waals surface area contributed by atoms with Crippen LogP contribution >= 0.6 is 0 Å². The molecule has 1 rings (SSSR count). The highest BCUT2D eigenvalue weighted by molar-refractivity contribution is 5.20. The van der Waals surface area contributed by atoms with E-state index >= 15 is 0 Å². The molecule has 1 N–H and O–H groups in total. The van der Waals surface area contributed by atoms with E-state index in [4.69, 9.17) is 4.74 Å². The van der Waals surface area contributed by atoms with Gasteiger partial charge in [-0.2, -0.15) is 0 Å². The number of hydrogen-bond donors (Lipinski definition) is 1. The summed E-state index contributed by atoms with van der Waals surface area (Å²) in [6, 6.07) is 9.73. The number of para-hydroxylation sites is 1. The highest BCUT2D eigenvalue weighted by Crippen LogP contribution is 2.14. The zero-order chi connectivity index (χ0) is 11.1. The minimum absolute atomic E-state index is 0.199. The quantitative estimate of drug-likeness (QED) is 0.779. The Hall–Kier alpha value is -1.02. The second kappa shape index (κ2) is 6.46. The predicted octanol–water partition coefficient (Wildman–Crippen LogP) is 2.72. The Morgan fingerprint density at radius 3 is 2.40 bits per heavy atom. The molecular weight excluding hydrogens is 188 g/mol. The number of ether oxygens (including phenoxy) is 1. The molecule has 0 amide bonds. The maximum absolute atomic E-state index is 9.17. The van der Waals surface area contributed by atoms with Crippen molar-refractivity contribution < 1.29 is 9.84 Å². The van der Waals surface area contributed by atoms with E-state index in [2.05, 4.69) is 13.8 Å². The molecule has 0 aliphatic carbocycles. The minimum Gasteiger partial charge on any atom is -0.493 e. The molecule has 0 fully saturated rings. The van der Waals surface area contributed by atoms with Crippen molar-refractivity contribution in [3.05, 3.63) is 30.3 Å². The van der Waals surface area contributed by atoms with Crippen molar-refractivity contribution >= 4 is 0 Å². The van der Waals surface area contributed by atoms with Crippen LogP contribution in [0.15, 0.2) is 30.3 Å². The monoisotopic (exact) mass is 208 g/mol. The molecule has 1 unspecified atom stereocenters. The Morgan fingerprint density at radius 2 is 1.87 bits per heavy atom. The van der Waals surface area contributed by atoms with Crippen LogP contribution in [0.4, 0.5) is 0 Å². The van der Waals surface area contributed by atoms with Crippen LogP contribution in [0.5, 0.6) is 5.75 Å². The Kier molecular flexibility index (Phi) is 5.19. The summed E-state index contributed by atoms with van der Waals surface area (Å²) in [6.07, 6.45) is 1.00. The maximum Gasteiger partial charge on any atom is 0.119 e. The van der Waals surface area contributed by atoms with Crippen molar-refractivity contribution in [2.45, 2.75) is 20.3 Å². The van der Waals surface area contributed by atoms with Crippen LogP contribution in [-0.2, 0) is 0 Å². The lowest BCUT2D eigenvalue weighted by Crippen LogP contribution is -2.18. The van der Waals surface area contributed by atoms with Crippen LogP contribution in [0, 0.1) is 11.8 Å². The fraction of sp³-hybridized carbons (Fsp3) is 0.538. The van der Waals surface area contributed by atoms with E-state index < -0.39 is 0 Å². The van der Waals surface area contributed by atoms with Gasteiger partial charge in [0.25, 0.3) is 0 Å². The Morgan fingerprint density at radius 1 is 1.20 bits per heavy atom. The van der Waals surface area contributed by atoms with Crippen LogP contribution in [0.3, 0.4) is 0 Å². The topological polar surface area (TPSA) is 29.5 Å². The van der Waals surface area contributed by atoms with Crippen molar-refractivity contribution in [1.82, 2.24) is 0 Å². The molecule has 84 valence electrons. The van der Waals surface area contributed by atoms with Gasteiger partial charge in [-0.15, -0.1) is 0 Å². The largest absolute Gasteiger partial charge is 0.493 e. The molecule has 1 aromatic rings. The van der Waals surface area contributed by atoms with Crippen molar-refractivity contribution in [3.63, 3.8) is 0 Å². The molecule has 0 saturated heterocycles. The third-order valence-electron chi connectivity index (χ3n) is 2.29. The lowest BCUT2D eigenvalue weighted by molar-refractivity contribution is 0.146. The molecule has 15 heavy (non-hydrogen) atoms. The normalized spacial score (nSPS) is 12.8. The van der Waals surface area contributed by atoms with Crippen molar-refractivity contribution in [3.8, 4) is 5.75 Å². The number of hydrogen-bond acceptors (Lipinski definition) is 2. The van der Waals surface area contributed by atoms with Crippen molar-refractivity contribution in [2.24, 2.45) is 11.8 Å². The highest BCUT2D eigenvalue weighted by atomic mass is 16.5. The summed E-state index contributed by atoms with van der Waals surface area (Å²) in [5.74, 6) is 1.71. The predicted molar refractivity (Wildman–Crippen MR) is 62.0 cm³/mol. The average molecular weight is 208 g/mol. The van der Waals surface area contributed by atoms with E-state index in [1.54, 1.807) is 0 Å². The standard InChI is InChI=1S/C13H20O2/c1-11(2)8-12(9-14)10-15-13-6-4-3-5-7-13/h3-7,11-12,14H,8-10H2,1-2H3. The number of aliphatic hydroxyl groups excluding tert-OH is 1. The summed E-state index contributed by atoms with van der Waals surface area (Å²) in [6.45, 7) is 5.11. The molecule has 0 saturated carbocycles. The fourth-order valence-electron chi connectivity index (χ4n) is 1.59. The molecule has 1 atom stereocenters. The van der Waals surface area contributed by atoms with Gasteiger partial charge < -0.3 is 9.84 Å². The van der Waals surface area contributed by atoms with E-state index in [1.807, 2.05) is 30.3 Å². The van der Waals surface area contributed by atoms with Gasteiger partial charge in [-0.1, -0.05) is 32.0 Å².